The summed E-state index contributed by atoms with van der Waals surface area (Å²) in [5, 5.41) is 10.5. The summed E-state index contributed by atoms with van der Waals surface area (Å²) in [5.41, 5.74) is 1.48. The van der Waals surface area contributed by atoms with E-state index in [2.05, 4.69) is 0 Å². The lowest BCUT2D eigenvalue weighted by atomic mass is 10.2. The highest BCUT2D eigenvalue weighted by Crippen LogP contribution is 2.18. The third kappa shape index (κ3) is 4.06. The van der Waals surface area contributed by atoms with Gasteiger partial charge in [0.2, 0.25) is 0 Å². The number of carboxylic acid groups (broad SMARTS) is 1. The first-order valence-corrected chi connectivity index (χ1v) is 7.12. The quantitative estimate of drug-likeness (QED) is 0.862. The molecule has 0 fully saturated rings. The largest absolute Gasteiger partial charge is 0.478 e. The Morgan fingerprint density at radius 1 is 1.43 bits per heavy atom. The van der Waals surface area contributed by atoms with Crippen molar-refractivity contribution in [1.29, 1.82) is 0 Å². The SMILES string of the molecule is Cc1cc(C(=O)N(C)Cc2csc(/C=C/C(=O)O)c2)co1. The summed E-state index contributed by atoms with van der Waals surface area (Å²) >= 11 is 1.44. The molecule has 2 rings (SSSR count). The van der Waals surface area contributed by atoms with Crippen molar-refractivity contribution in [2.75, 3.05) is 7.05 Å². The number of rotatable bonds is 5. The molecule has 2 aromatic rings. The molecule has 0 aliphatic heterocycles. The lowest BCUT2D eigenvalue weighted by Gasteiger charge is -2.15. The fourth-order valence-electron chi connectivity index (χ4n) is 1.84. The van der Waals surface area contributed by atoms with Crippen molar-refractivity contribution in [2.24, 2.45) is 0 Å². The number of thiophene rings is 1. The van der Waals surface area contributed by atoms with Gasteiger partial charge in [0.05, 0.1) is 5.56 Å². The molecule has 21 heavy (non-hydrogen) atoms. The van der Waals surface area contributed by atoms with Gasteiger partial charge in [0.25, 0.3) is 5.91 Å². The first-order valence-electron chi connectivity index (χ1n) is 6.24. The van der Waals surface area contributed by atoms with Crippen LogP contribution in [0.1, 0.15) is 26.6 Å². The van der Waals surface area contributed by atoms with Crippen LogP contribution in [-0.2, 0) is 11.3 Å². The summed E-state index contributed by atoms with van der Waals surface area (Å²) in [7, 11) is 1.72. The zero-order chi connectivity index (χ0) is 15.4. The number of nitrogens with zero attached hydrogens (tertiary/aromatic N) is 1. The minimum atomic E-state index is -0.979. The predicted octanol–water partition coefficient (Wildman–Crippen LogP) is 3.02. The fraction of sp³-hybridized carbons (Fsp3) is 0.200. The van der Waals surface area contributed by atoms with Crippen LogP contribution in [-0.4, -0.2) is 28.9 Å². The lowest BCUT2D eigenvalue weighted by molar-refractivity contribution is -0.131. The van der Waals surface area contributed by atoms with Crippen molar-refractivity contribution in [3.63, 3.8) is 0 Å². The maximum absolute atomic E-state index is 12.2. The van der Waals surface area contributed by atoms with Crippen LogP contribution in [0.2, 0.25) is 0 Å². The van der Waals surface area contributed by atoms with Crippen LogP contribution in [0.5, 0.6) is 0 Å². The molecule has 0 radical (unpaired) electrons. The minimum absolute atomic E-state index is 0.110. The monoisotopic (exact) mass is 305 g/mol. The van der Waals surface area contributed by atoms with E-state index in [0.717, 1.165) is 16.5 Å². The number of amides is 1. The Labute approximate surface area is 126 Å². The smallest absolute Gasteiger partial charge is 0.328 e. The molecule has 5 nitrogen and oxygen atoms in total. The molecule has 6 heteroatoms. The van der Waals surface area contributed by atoms with Crippen LogP contribution in [0.3, 0.4) is 0 Å². The Hall–Kier alpha value is -2.34. The second kappa shape index (κ2) is 6.41. The van der Waals surface area contributed by atoms with Gasteiger partial charge in [-0.2, -0.15) is 0 Å². The van der Waals surface area contributed by atoms with E-state index in [1.165, 1.54) is 23.7 Å². The molecular weight excluding hydrogens is 290 g/mol. The van der Waals surface area contributed by atoms with Gasteiger partial charge in [-0.1, -0.05) is 0 Å². The summed E-state index contributed by atoms with van der Waals surface area (Å²) < 4.78 is 5.13. The summed E-state index contributed by atoms with van der Waals surface area (Å²) in [4.78, 5) is 25.1. The van der Waals surface area contributed by atoms with Gasteiger partial charge in [0, 0.05) is 24.5 Å². The highest BCUT2D eigenvalue weighted by molar-refractivity contribution is 7.11. The van der Waals surface area contributed by atoms with Crippen LogP contribution in [0.15, 0.2) is 34.3 Å². The van der Waals surface area contributed by atoms with Gasteiger partial charge in [0.1, 0.15) is 12.0 Å². The molecule has 0 aromatic carbocycles. The van der Waals surface area contributed by atoms with E-state index >= 15 is 0 Å². The van der Waals surface area contributed by atoms with Crippen LogP contribution in [0.25, 0.3) is 6.08 Å². The van der Waals surface area contributed by atoms with Gasteiger partial charge < -0.3 is 14.4 Å². The summed E-state index contributed by atoms with van der Waals surface area (Å²) in [6.07, 6.45) is 4.08. The minimum Gasteiger partial charge on any atom is -0.478 e. The highest BCUT2D eigenvalue weighted by Gasteiger charge is 2.14. The Balaban J connectivity index is 2.01. The van der Waals surface area contributed by atoms with E-state index in [0.29, 0.717) is 17.9 Å². The van der Waals surface area contributed by atoms with E-state index in [-0.39, 0.29) is 5.91 Å². The van der Waals surface area contributed by atoms with Crippen molar-refractivity contribution in [1.82, 2.24) is 4.90 Å². The molecule has 0 spiro atoms. The molecule has 2 heterocycles. The van der Waals surface area contributed by atoms with Gasteiger partial charge >= 0.3 is 5.97 Å². The third-order valence-corrected chi connectivity index (χ3v) is 3.75. The van der Waals surface area contributed by atoms with E-state index < -0.39 is 5.97 Å². The summed E-state index contributed by atoms with van der Waals surface area (Å²) in [6, 6.07) is 3.57. The fourth-order valence-corrected chi connectivity index (χ4v) is 2.64. The van der Waals surface area contributed by atoms with Crippen LogP contribution in [0.4, 0.5) is 0 Å². The normalized spacial score (nSPS) is 11.0. The Morgan fingerprint density at radius 2 is 2.19 bits per heavy atom. The second-order valence-corrected chi connectivity index (χ2v) is 5.58. The first kappa shape index (κ1) is 15.1. The molecule has 2 aromatic heterocycles. The number of carbonyl (C=O) groups excluding carboxylic acids is 1. The number of carboxylic acids is 1. The van der Waals surface area contributed by atoms with Crippen molar-refractivity contribution < 1.29 is 19.1 Å². The molecule has 1 N–H and O–H groups in total. The number of hydrogen-bond acceptors (Lipinski definition) is 4. The first-order chi connectivity index (χ1) is 9.95. The molecule has 0 saturated carbocycles. The molecule has 0 unspecified atom stereocenters. The molecule has 0 atom stereocenters. The Morgan fingerprint density at radius 3 is 2.81 bits per heavy atom. The second-order valence-electron chi connectivity index (χ2n) is 4.64. The molecule has 0 bridgehead atoms. The van der Waals surface area contributed by atoms with Crippen molar-refractivity contribution >= 4 is 29.3 Å². The van der Waals surface area contributed by atoms with Crippen molar-refractivity contribution in [2.45, 2.75) is 13.5 Å². The third-order valence-electron chi connectivity index (χ3n) is 2.81. The number of carbonyl (C=O) groups is 2. The number of aryl methyl sites for hydroxylation is 1. The van der Waals surface area contributed by atoms with E-state index in [9.17, 15) is 9.59 Å². The average Bonchev–Trinajstić information content (AvgIpc) is 3.04. The van der Waals surface area contributed by atoms with Crippen molar-refractivity contribution in [3.05, 3.63) is 51.6 Å². The molecule has 0 aliphatic carbocycles. The summed E-state index contributed by atoms with van der Waals surface area (Å²) in [6.45, 7) is 2.25. The Bertz CT molecular complexity index is 683. The number of hydrogen-bond donors (Lipinski definition) is 1. The lowest BCUT2D eigenvalue weighted by Crippen LogP contribution is -2.25. The van der Waals surface area contributed by atoms with Crippen LogP contribution < -0.4 is 0 Å². The Kier molecular flexibility index (Phi) is 4.59. The molecule has 110 valence electrons. The summed E-state index contributed by atoms with van der Waals surface area (Å²) in [5.74, 6) is -0.392. The van der Waals surface area contributed by atoms with Gasteiger partial charge in [-0.25, -0.2) is 4.79 Å². The number of aliphatic carboxylic acids is 1. The average molecular weight is 305 g/mol. The maximum atomic E-state index is 12.2. The predicted molar refractivity (Wildman–Crippen MR) is 80.2 cm³/mol. The molecule has 0 aliphatic rings. The maximum Gasteiger partial charge on any atom is 0.328 e. The number of furan rings is 1. The molecular formula is C15H15NO4S. The van der Waals surface area contributed by atoms with Gasteiger partial charge in [0.15, 0.2) is 0 Å². The van der Waals surface area contributed by atoms with E-state index in [4.69, 9.17) is 9.52 Å². The van der Waals surface area contributed by atoms with E-state index in [1.54, 1.807) is 24.9 Å². The van der Waals surface area contributed by atoms with Crippen LogP contribution in [0, 0.1) is 6.92 Å². The van der Waals surface area contributed by atoms with Crippen molar-refractivity contribution in [3.8, 4) is 0 Å². The van der Waals surface area contributed by atoms with Gasteiger partial charge in [-0.3, -0.25) is 4.79 Å². The standard InChI is InChI=1S/C15H15NO4S/c1-10-5-12(8-20-10)15(19)16(2)7-11-6-13(21-9-11)3-4-14(17)18/h3-6,8-9H,7H2,1-2H3,(H,17,18)/b4-3+. The van der Waals surface area contributed by atoms with Gasteiger partial charge in [-0.05, 0) is 36.1 Å². The zero-order valence-corrected chi connectivity index (χ0v) is 12.5. The zero-order valence-electron chi connectivity index (χ0n) is 11.7. The van der Waals surface area contributed by atoms with E-state index in [1.807, 2.05) is 11.4 Å². The van der Waals surface area contributed by atoms with Crippen LogP contribution >= 0.6 is 11.3 Å². The topological polar surface area (TPSA) is 70.8 Å². The highest BCUT2D eigenvalue weighted by atomic mass is 32.1. The molecule has 1 amide bonds. The molecule has 0 saturated heterocycles. The van der Waals surface area contributed by atoms with Gasteiger partial charge in [-0.15, -0.1) is 11.3 Å².